The molecule has 1 saturated carbocycles. The van der Waals surface area contributed by atoms with Crippen molar-refractivity contribution in [2.75, 3.05) is 7.05 Å². The fourth-order valence-electron chi connectivity index (χ4n) is 3.53. The number of aromatic nitrogens is 1. The average molecular weight is 387 g/mol. The molecule has 1 aromatic rings. The van der Waals surface area contributed by atoms with Gasteiger partial charge in [-0.25, -0.2) is 13.2 Å². The van der Waals surface area contributed by atoms with Crippen molar-refractivity contribution in [3.8, 4) is 0 Å². The van der Waals surface area contributed by atoms with Gasteiger partial charge >= 0.3 is 5.97 Å². The van der Waals surface area contributed by atoms with Crippen molar-refractivity contribution in [2.45, 2.75) is 69.4 Å². The van der Waals surface area contributed by atoms with E-state index in [1.165, 1.54) is 32.7 Å². The fourth-order valence-corrected chi connectivity index (χ4v) is 5.06. The minimum absolute atomic E-state index is 0.106. The molecular formula is C16H25N3O6S. The van der Waals surface area contributed by atoms with Gasteiger partial charge in [0.1, 0.15) is 16.1 Å². The number of nitrogens with zero attached hydrogens (tertiary/aromatic N) is 2. The van der Waals surface area contributed by atoms with E-state index in [2.05, 4.69) is 9.88 Å². The topological polar surface area (TPSA) is 130 Å². The minimum Gasteiger partial charge on any atom is -0.479 e. The molecule has 9 nitrogen and oxygen atoms in total. The molecule has 0 bridgehead atoms. The lowest BCUT2D eigenvalue weighted by molar-refractivity contribution is -0.160. The molecule has 1 heterocycles. The highest BCUT2D eigenvalue weighted by molar-refractivity contribution is 7.89. The van der Waals surface area contributed by atoms with Crippen LogP contribution >= 0.6 is 0 Å². The van der Waals surface area contributed by atoms with Crippen LogP contribution in [0, 0.1) is 13.8 Å². The Morgan fingerprint density at radius 1 is 1.27 bits per heavy atom. The Balaban J connectivity index is 2.22. The van der Waals surface area contributed by atoms with Gasteiger partial charge in [-0.3, -0.25) is 4.79 Å². The first-order valence-electron chi connectivity index (χ1n) is 8.49. The highest BCUT2D eigenvalue weighted by atomic mass is 32.2. The second-order valence-electron chi connectivity index (χ2n) is 6.79. The van der Waals surface area contributed by atoms with E-state index < -0.39 is 33.5 Å². The smallest absolute Gasteiger partial charge is 0.329 e. The number of amides is 1. The van der Waals surface area contributed by atoms with Gasteiger partial charge < -0.3 is 14.5 Å². The third-order valence-electron chi connectivity index (χ3n) is 4.99. The van der Waals surface area contributed by atoms with Crippen LogP contribution in [-0.4, -0.2) is 54.1 Å². The van der Waals surface area contributed by atoms with Gasteiger partial charge in [-0.05, 0) is 33.6 Å². The van der Waals surface area contributed by atoms with Gasteiger partial charge in [0.25, 0.3) is 0 Å². The molecule has 10 heteroatoms. The van der Waals surface area contributed by atoms with Crippen LogP contribution in [0.2, 0.25) is 0 Å². The van der Waals surface area contributed by atoms with Crippen LogP contribution in [0.25, 0.3) is 0 Å². The Kier molecular flexibility index (Phi) is 5.76. The lowest BCUT2D eigenvalue weighted by Crippen LogP contribution is -2.60. The first kappa shape index (κ1) is 20.4. The van der Waals surface area contributed by atoms with Crippen molar-refractivity contribution in [3.05, 3.63) is 11.5 Å². The third-order valence-corrected chi connectivity index (χ3v) is 6.77. The number of rotatable bonds is 6. The number of carbonyl (C=O) groups excluding carboxylic acids is 1. The average Bonchev–Trinajstić information content (AvgIpc) is 2.92. The number of carboxylic acids is 1. The quantitative estimate of drug-likeness (QED) is 0.750. The van der Waals surface area contributed by atoms with Crippen molar-refractivity contribution in [2.24, 2.45) is 0 Å². The largest absolute Gasteiger partial charge is 0.479 e. The van der Waals surface area contributed by atoms with E-state index in [1.807, 2.05) is 0 Å². The van der Waals surface area contributed by atoms with Gasteiger partial charge in [-0.15, -0.1) is 0 Å². The molecular weight excluding hydrogens is 362 g/mol. The van der Waals surface area contributed by atoms with Crippen LogP contribution in [0.1, 0.15) is 50.5 Å². The number of aliphatic carboxylic acids is 1. The molecule has 1 aliphatic carbocycles. The summed E-state index contributed by atoms with van der Waals surface area (Å²) in [6.07, 6.45) is 3.05. The fraction of sp³-hybridized carbons (Fsp3) is 0.688. The van der Waals surface area contributed by atoms with E-state index in [0.29, 0.717) is 25.7 Å². The van der Waals surface area contributed by atoms with E-state index in [1.54, 1.807) is 0 Å². The van der Waals surface area contributed by atoms with Crippen molar-refractivity contribution in [1.82, 2.24) is 14.8 Å². The lowest BCUT2D eigenvalue weighted by Gasteiger charge is -2.41. The first-order valence-corrected chi connectivity index (χ1v) is 9.97. The van der Waals surface area contributed by atoms with Crippen LogP contribution in [-0.2, 0) is 19.6 Å². The van der Waals surface area contributed by atoms with Crippen LogP contribution < -0.4 is 4.72 Å². The van der Waals surface area contributed by atoms with Crippen molar-refractivity contribution >= 4 is 21.9 Å². The summed E-state index contributed by atoms with van der Waals surface area (Å²) in [6.45, 7) is 4.35. The van der Waals surface area contributed by atoms with Gasteiger partial charge in [0, 0.05) is 7.05 Å². The van der Waals surface area contributed by atoms with Crippen LogP contribution in [0.15, 0.2) is 9.42 Å². The highest BCUT2D eigenvalue weighted by Crippen LogP contribution is 2.33. The highest BCUT2D eigenvalue weighted by Gasteiger charge is 2.46. The number of nitrogens with one attached hydrogen (secondary N) is 1. The van der Waals surface area contributed by atoms with E-state index in [-0.39, 0.29) is 16.3 Å². The number of carboxylic acid groups (broad SMARTS) is 1. The minimum atomic E-state index is -4.03. The van der Waals surface area contributed by atoms with E-state index >= 15 is 0 Å². The summed E-state index contributed by atoms with van der Waals surface area (Å²) in [4.78, 5) is 25.7. The first-order chi connectivity index (χ1) is 12.0. The number of hydrogen-bond donors (Lipinski definition) is 2. The summed E-state index contributed by atoms with van der Waals surface area (Å²) in [5.74, 6) is -1.53. The molecule has 1 atom stereocenters. The number of carbonyl (C=O) groups is 2. The van der Waals surface area contributed by atoms with Crippen LogP contribution in [0.4, 0.5) is 0 Å². The molecule has 146 valence electrons. The Bertz CT molecular complexity index is 775. The van der Waals surface area contributed by atoms with E-state index in [4.69, 9.17) is 4.52 Å². The zero-order valence-electron chi connectivity index (χ0n) is 15.4. The van der Waals surface area contributed by atoms with Crippen molar-refractivity contribution in [3.63, 3.8) is 0 Å². The van der Waals surface area contributed by atoms with Gasteiger partial charge in [-0.1, -0.05) is 24.4 Å². The number of sulfonamides is 1. The molecule has 1 aromatic heterocycles. The molecule has 0 saturated heterocycles. The zero-order chi connectivity index (χ0) is 19.7. The summed E-state index contributed by atoms with van der Waals surface area (Å²) in [5.41, 5.74) is -1.10. The zero-order valence-corrected chi connectivity index (χ0v) is 16.2. The summed E-state index contributed by atoms with van der Waals surface area (Å²) >= 11 is 0. The van der Waals surface area contributed by atoms with Crippen LogP contribution in [0.5, 0.6) is 0 Å². The maximum atomic E-state index is 12.8. The predicted octanol–water partition coefficient (Wildman–Crippen LogP) is 1.20. The van der Waals surface area contributed by atoms with Crippen molar-refractivity contribution < 1.29 is 27.6 Å². The second-order valence-corrected chi connectivity index (χ2v) is 8.44. The molecule has 1 aliphatic rings. The predicted molar refractivity (Wildman–Crippen MR) is 92.0 cm³/mol. The molecule has 26 heavy (non-hydrogen) atoms. The molecule has 0 radical (unpaired) electrons. The van der Waals surface area contributed by atoms with Gasteiger partial charge in [-0.2, -0.15) is 4.72 Å². The van der Waals surface area contributed by atoms with E-state index in [0.717, 1.165) is 6.42 Å². The standard InChI is InChI=1S/C16H25N3O6S/c1-10-13(12(3)25-17-10)26(23,24)18-11(2)14(20)19(4)16(15(21)22)8-6-5-7-9-16/h11,18H,5-9H2,1-4H3,(H,21,22). The molecule has 1 unspecified atom stereocenters. The second kappa shape index (κ2) is 7.36. The number of aryl methyl sites for hydroxylation is 2. The Labute approximate surface area is 152 Å². The van der Waals surface area contributed by atoms with E-state index in [9.17, 15) is 23.1 Å². The SMILES string of the molecule is Cc1noc(C)c1S(=O)(=O)NC(C)C(=O)N(C)C1(C(=O)O)CCCCC1. The lowest BCUT2D eigenvalue weighted by atomic mass is 9.80. The third kappa shape index (κ3) is 3.61. The van der Waals surface area contributed by atoms with Gasteiger partial charge in [0.2, 0.25) is 15.9 Å². The summed E-state index contributed by atoms with van der Waals surface area (Å²) < 4.78 is 32.3. The van der Waals surface area contributed by atoms with Crippen LogP contribution in [0.3, 0.4) is 0 Å². The van der Waals surface area contributed by atoms with Gasteiger partial charge in [0.05, 0.1) is 6.04 Å². The molecule has 0 spiro atoms. The van der Waals surface area contributed by atoms with Gasteiger partial charge in [0.15, 0.2) is 5.76 Å². The summed E-state index contributed by atoms with van der Waals surface area (Å²) in [6, 6.07) is -1.13. The summed E-state index contributed by atoms with van der Waals surface area (Å²) in [5, 5.41) is 13.3. The Morgan fingerprint density at radius 3 is 2.31 bits per heavy atom. The Hall–Kier alpha value is -1.94. The molecule has 2 rings (SSSR count). The van der Waals surface area contributed by atoms with Crippen molar-refractivity contribution in [1.29, 1.82) is 0 Å². The number of likely N-dealkylation sites (N-methyl/N-ethyl adjacent to an activating group) is 1. The molecule has 1 fully saturated rings. The molecule has 0 aliphatic heterocycles. The normalized spacial score (nSPS) is 18.3. The maximum Gasteiger partial charge on any atom is 0.329 e. The maximum absolute atomic E-state index is 12.8. The Morgan fingerprint density at radius 2 is 1.85 bits per heavy atom. The molecule has 0 aromatic carbocycles. The number of hydrogen-bond acceptors (Lipinski definition) is 6. The monoisotopic (exact) mass is 387 g/mol. The molecule has 2 N–H and O–H groups in total. The molecule has 1 amide bonds. The summed E-state index contributed by atoms with van der Waals surface area (Å²) in [7, 11) is -2.61.